The van der Waals surface area contributed by atoms with Gasteiger partial charge in [-0.2, -0.15) is 0 Å². The average Bonchev–Trinajstić information content (AvgIpc) is 1.94. The van der Waals surface area contributed by atoms with E-state index in [0.29, 0.717) is 0 Å². The van der Waals surface area contributed by atoms with Crippen LogP contribution >= 0.6 is 0 Å². The van der Waals surface area contributed by atoms with Crippen LogP contribution in [-0.4, -0.2) is 0 Å². The van der Waals surface area contributed by atoms with E-state index in [4.69, 9.17) is 0 Å². The highest BCUT2D eigenvalue weighted by Gasteiger charge is 1.99. The smallest absolute Gasteiger partial charge is 0.0201 e. The lowest BCUT2D eigenvalue weighted by Crippen LogP contribution is -1.87. The normalized spacial score (nSPS) is 8.92. The molecule has 0 unspecified atom stereocenters. The molecule has 0 N–H and O–H groups in total. The molecule has 0 heterocycles. The zero-order valence-electron chi connectivity index (χ0n) is 7.44. The summed E-state index contributed by atoms with van der Waals surface area (Å²) in [6.07, 6.45) is 0. The molecule has 0 aliphatic carbocycles. The summed E-state index contributed by atoms with van der Waals surface area (Å²) in [5, 5.41) is 0. The van der Waals surface area contributed by atoms with Gasteiger partial charge in [-0.15, -0.1) is 0 Å². The second-order valence-electron chi connectivity index (χ2n) is 3.03. The molecule has 12 heavy (non-hydrogen) atoms. The molecule has 1 aromatic rings. The van der Waals surface area contributed by atoms with E-state index in [2.05, 4.69) is 38.6 Å². The first kappa shape index (κ1) is 11.0. The molecular weight excluding hydrogens is 144 g/mol. The van der Waals surface area contributed by atoms with Gasteiger partial charge >= 0.3 is 0 Å². The Morgan fingerprint density at radius 3 is 2.25 bits per heavy atom. The van der Waals surface area contributed by atoms with Crippen molar-refractivity contribution in [3.05, 3.63) is 41.5 Å². The van der Waals surface area contributed by atoms with Gasteiger partial charge in [0.1, 0.15) is 0 Å². The van der Waals surface area contributed by atoms with Crippen LogP contribution in [0.4, 0.5) is 0 Å². The molecular formula is C12H18. The van der Waals surface area contributed by atoms with Crippen LogP contribution in [0.2, 0.25) is 0 Å². The summed E-state index contributed by atoms with van der Waals surface area (Å²) in [5.74, 6) is 0. The summed E-state index contributed by atoms with van der Waals surface area (Å²) in [5.41, 5.74) is 5.11. The van der Waals surface area contributed by atoms with Crippen LogP contribution in [0.3, 0.4) is 0 Å². The van der Waals surface area contributed by atoms with Gasteiger partial charge in [-0.25, -0.2) is 0 Å². The standard InChI is InChI=1S/C11H14.CH4/c1-8(2)11-7-5-6-9(3)10(11)4;/h5-7H,1H2,2-4H3;1H4. The molecule has 0 heteroatoms. The Balaban J connectivity index is 0.00000121. The van der Waals surface area contributed by atoms with Gasteiger partial charge in [0.25, 0.3) is 0 Å². The molecule has 0 bridgehead atoms. The minimum atomic E-state index is 0. The maximum atomic E-state index is 3.93. The van der Waals surface area contributed by atoms with Crippen LogP contribution in [-0.2, 0) is 0 Å². The van der Waals surface area contributed by atoms with E-state index in [0.717, 1.165) is 5.57 Å². The summed E-state index contributed by atoms with van der Waals surface area (Å²) in [7, 11) is 0. The van der Waals surface area contributed by atoms with Crippen molar-refractivity contribution in [2.24, 2.45) is 0 Å². The lowest BCUT2D eigenvalue weighted by molar-refractivity contribution is 1.31. The van der Waals surface area contributed by atoms with Crippen LogP contribution in [0.15, 0.2) is 24.8 Å². The summed E-state index contributed by atoms with van der Waals surface area (Å²) in [4.78, 5) is 0. The summed E-state index contributed by atoms with van der Waals surface area (Å²) >= 11 is 0. The molecule has 0 spiro atoms. The molecule has 0 saturated carbocycles. The zero-order chi connectivity index (χ0) is 8.43. The summed E-state index contributed by atoms with van der Waals surface area (Å²) in [6, 6.07) is 6.32. The average molecular weight is 162 g/mol. The van der Waals surface area contributed by atoms with Crippen LogP contribution in [0.1, 0.15) is 31.0 Å². The molecule has 0 saturated heterocycles. The number of hydrogen-bond acceptors (Lipinski definition) is 0. The van der Waals surface area contributed by atoms with Crippen molar-refractivity contribution in [2.45, 2.75) is 28.2 Å². The van der Waals surface area contributed by atoms with Crippen LogP contribution in [0, 0.1) is 13.8 Å². The van der Waals surface area contributed by atoms with E-state index in [1.54, 1.807) is 0 Å². The monoisotopic (exact) mass is 162 g/mol. The van der Waals surface area contributed by atoms with Gasteiger partial charge in [-0.3, -0.25) is 0 Å². The fraction of sp³-hybridized carbons (Fsp3) is 0.333. The van der Waals surface area contributed by atoms with Gasteiger partial charge in [0.05, 0.1) is 0 Å². The SMILES string of the molecule is C.C=C(C)c1cccc(C)c1C. The van der Waals surface area contributed by atoms with Gasteiger partial charge in [-0.05, 0) is 37.5 Å². The number of aryl methyl sites for hydroxylation is 1. The molecule has 0 aliphatic heterocycles. The van der Waals surface area contributed by atoms with Crippen molar-refractivity contribution < 1.29 is 0 Å². The number of hydrogen-bond donors (Lipinski definition) is 0. The van der Waals surface area contributed by atoms with Crippen LogP contribution < -0.4 is 0 Å². The Morgan fingerprint density at radius 2 is 1.83 bits per heavy atom. The van der Waals surface area contributed by atoms with E-state index >= 15 is 0 Å². The lowest BCUT2D eigenvalue weighted by atomic mass is 9.99. The zero-order valence-corrected chi connectivity index (χ0v) is 7.44. The molecule has 0 amide bonds. The second kappa shape index (κ2) is 4.10. The van der Waals surface area contributed by atoms with Crippen molar-refractivity contribution in [1.82, 2.24) is 0 Å². The van der Waals surface area contributed by atoms with Crippen molar-refractivity contribution in [2.75, 3.05) is 0 Å². The quantitative estimate of drug-likeness (QED) is 0.586. The molecule has 0 radical (unpaired) electrons. The van der Waals surface area contributed by atoms with Gasteiger partial charge in [0.15, 0.2) is 0 Å². The molecule has 0 aromatic heterocycles. The molecule has 1 aromatic carbocycles. The highest BCUT2D eigenvalue weighted by Crippen LogP contribution is 2.18. The van der Waals surface area contributed by atoms with Crippen LogP contribution in [0.25, 0.3) is 5.57 Å². The molecule has 1 rings (SSSR count). The predicted molar refractivity (Wildman–Crippen MR) is 57.4 cm³/mol. The van der Waals surface area contributed by atoms with Crippen molar-refractivity contribution in [3.63, 3.8) is 0 Å². The maximum absolute atomic E-state index is 3.93. The van der Waals surface area contributed by atoms with E-state index in [-0.39, 0.29) is 7.43 Å². The van der Waals surface area contributed by atoms with Gasteiger partial charge < -0.3 is 0 Å². The van der Waals surface area contributed by atoms with E-state index < -0.39 is 0 Å². The first-order valence-electron chi connectivity index (χ1n) is 3.85. The van der Waals surface area contributed by atoms with E-state index in [9.17, 15) is 0 Å². The van der Waals surface area contributed by atoms with E-state index in [1.807, 2.05) is 6.92 Å². The minimum Gasteiger partial charge on any atom is -0.0955 e. The first-order valence-corrected chi connectivity index (χ1v) is 3.85. The van der Waals surface area contributed by atoms with Crippen molar-refractivity contribution in [1.29, 1.82) is 0 Å². The Labute approximate surface area is 75.9 Å². The number of allylic oxidation sites excluding steroid dienone is 1. The molecule has 0 nitrogen and oxygen atoms in total. The van der Waals surface area contributed by atoms with Crippen molar-refractivity contribution in [3.8, 4) is 0 Å². The highest BCUT2D eigenvalue weighted by molar-refractivity contribution is 5.65. The lowest BCUT2D eigenvalue weighted by Gasteiger charge is -2.06. The van der Waals surface area contributed by atoms with Gasteiger partial charge in [-0.1, -0.05) is 37.8 Å². The molecule has 0 atom stereocenters. The summed E-state index contributed by atoms with van der Waals surface area (Å²) < 4.78 is 0. The fourth-order valence-corrected chi connectivity index (χ4v) is 1.21. The summed E-state index contributed by atoms with van der Waals surface area (Å²) in [6.45, 7) is 10.2. The maximum Gasteiger partial charge on any atom is -0.0201 e. The van der Waals surface area contributed by atoms with Crippen LogP contribution in [0.5, 0.6) is 0 Å². The third-order valence-corrected chi connectivity index (χ3v) is 2.06. The topological polar surface area (TPSA) is 0 Å². The first-order chi connectivity index (χ1) is 5.13. The Kier molecular flexibility index (Phi) is 3.75. The Bertz CT molecular complexity index is 282. The Morgan fingerprint density at radius 1 is 1.25 bits per heavy atom. The van der Waals surface area contributed by atoms with Crippen molar-refractivity contribution >= 4 is 5.57 Å². The van der Waals surface area contributed by atoms with Gasteiger partial charge in [0.2, 0.25) is 0 Å². The Hall–Kier alpha value is -1.04. The predicted octanol–water partition coefficient (Wildman–Crippen LogP) is 3.97. The number of rotatable bonds is 1. The second-order valence-corrected chi connectivity index (χ2v) is 3.03. The van der Waals surface area contributed by atoms with Gasteiger partial charge in [0, 0.05) is 0 Å². The largest absolute Gasteiger partial charge is 0.0955 e. The molecule has 0 aliphatic rings. The number of benzene rings is 1. The fourth-order valence-electron chi connectivity index (χ4n) is 1.21. The molecule has 66 valence electrons. The highest BCUT2D eigenvalue weighted by atomic mass is 14.0. The third-order valence-electron chi connectivity index (χ3n) is 2.06. The molecule has 0 fully saturated rings. The minimum absolute atomic E-state index is 0. The third kappa shape index (κ3) is 1.97. The van der Waals surface area contributed by atoms with E-state index in [1.165, 1.54) is 16.7 Å².